The van der Waals surface area contributed by atoms with Gasteiger partial charge in [-0.2, -0.15) is 0 Å². The number of rotatable bonds is 5. The molecular formula is C24H29N5OS. The Hall–Kier alpha value is -2.51. The number of carbonyl (C=O) groups is 1. The minimum atomic E-state index is 0.283. The van der Waals surface area contributed by atoms with Crippen LogP contribution in [0.2, 0.25) is 0 Å². The Bertz CT molecular complexity index is 1040. The van der Waals surface area contributed by atoms with E-state index in [0.29, 0.717) is 12.6 Å². The summed E-state index contributed by atoms with van der Waals surface area (Å²) in [6.45, 7) is 4.29. The summed E-state index contributed by atoms with van der Waals surface area (Å²) >= 11 is 1.68. The quantitative estimate of drug-likeness (QED) is 0.609. The number of aromatic nitrogens is 2. The van der Waals surface area contributed by atoms with E-state index in [1.165, 1.54) is 11.1 Å². The molecule has 162 valence electrons. The minimum absolute atomic E-state index is 0.283. The third-order valence-corrected chi connectivity index (χ3v) is 7.55. The van der Waals surface area contributed by atoms with Crippen molar-refractivity contribution in [3.63, 3.8) is 0 Å². The van der Waals surface area contributed by atoms with Crippen molar-refractivity contribution < 1.29 is 4.79 Å². The van der Waals surface area contributed by atoms with Crippen molar-refractivity contribution in [2.75, 3.05) is 44.7 Å². The molecule has 0 atom stereocenters. The molecule has 2 aromatic heterocycles. The van der Waals surface area contributed by atoms with Crippen LogP contribution in [-0.2, 0) is 4.79 Å². The van der Waals surface area contributed by atoms with Crippen molar-refractivity contribution in [2.24, 2.45) is 0 Å². The minimum Gasteiger partial charge on any atom is -0.356 e. The van der Waals surface area contributed by atoms with Gasteiger partial charge in [0.1, 0.15) is 17.0 Å². The number of piperidine rings is 1. The Morgan fingerprint density at radius 2 is 1.84 bits per heavy atom. The number of thiophene rings is 1. The number of likely N-dealkylation sites (N-methyl/N-ethyl adjacent to an activating group) is 1. The number of carbonyl (C=O) groups excluding carboxylic acids is 1. The number of anilines is 1. The number of likely N-dealkylation sites (tertiary alicyclic amines) is 1. The van der Waals surface area contributed by atoms with E-state index in [2.05, 4.69) is 51.5 Å². The van der Waals surface area contributed by atoms with Crippen LogP contribution in [0.25, 0.3) is 21.3 Å². The summed E-state index contributed by atoms with van der Waals surface area (Å²) in [4.78, 5) is 29.5. The number of benzene rings is 1. The Balaban J connectivity index is 1.29. The van der Waals surface area contributed by atoms with Gasteiger partial charge in [-0.05, 0) is 38.3 Å². The summed E-state index contributed by atoms with van der Waals surface area (Å²) in [6.07, 6.45) is 6.07. The molecule has 2 fully saturated rings. The van der Waals surface area contributed by atoms with Crippen LogP contribution in [0.1, 0.15) is 25.7 Å². The zero-order valence-corrected chi connectivity index (χ0v) is 18.9. The fourth-order valence-corrected chi connectivity index (χ4v) is 5.77. The van der Waals surface area contributed by atoms with Crippen LogP contribution in [0.3, 0.4) is 0 Å². The molecule has 0 aliphatic carbocycles. The molecule has 0 saturated carbocycles. The number of hydrogen-bond acceptors (Lipinski definition) is 6. The van der Waals surface area contributed by atoms with E-state index in [0.717, 1.165) is 67.9 Å². The van der Waals surface area contributed by atoms with Gasteiger partial charge < -0.3 is 9.80 Å². The molecule has 0 spiro atoms. The summed E-state index contributed by atoms with van der Waals surface area (Å²) in [5, 5.41) is 3.36. The SMILES string of the molecule is CN(CC(=O)N1CCCC1)C1CCN(c2ncnc3scc(-c4ccccc4)c23)CC1. The highest BCUT2D eigenvalue weighted by Gasteiger charge is 2.28. The van der Waals surface area contributed by atoms with Crippen molar-refractivity contribution in [2.45, 2.75) is 31.7 Å². The molecular weight excluding hydrogens is 406 g/mol. The van der Waals surface area contributed by atoms with Gasteiger partial charge >= 0.3 is 0 Å². The summed E-state index contributed by atoms with van der Waals surface area (Å²) < 4.78 is 0. The van der Waals surface area contributed by atoms with Gasteiger partial charge in [-0.1, -0.05) is 30.3 Å². The maximum absolute atomic E-state index is 12.5. The van der Waals surface area contributed by atoms with Crippen molar-refractivity contribution in [3.05, 3.63) is 42.0 Å². The Kier molecular flexibility index (Phi) is 5.87. The van der Waals surface area contributed by atoms with E-state index in [1.54, 1.807) is 17.7 Å². The van der Waals surface area contributed by atoms with Crippen LogP contribution < -0.4 is 4.90 Å². The maximum atomic E-state index is 12.5. The van der Waals surface area contributed by atoms with Gasteiger partial charge in [0, 0.05) is 43.2 Å². The lowest BCUT2D eigenvalue weighted by molar-refractivity contribution is -0.131. The molecule has 0 N–H and O–H groups in total. The summed E-state index contributed by atoms with van der Waals surface area (Å²) in [5.41, 5.74) is 2.42. The molecule has 0 unspecified atom stereocenters. The van der Waals surface area contributed by atoms with Crippen LogP contribution in [0, 0.1) is 0 Å². The van der Waals surface area contributed by atoms with E-state index in [-0.39, 0.29) is 5.91 Å². The Morgan fingerprint density at radius 3 is 2.58 bits per heavy atom. The second kappa shape index (κ2) is 8.93. The average Bonchev–Trinajstić information content (AvgIpc) is 3.50. The molecule has 3 aromatic rings. The summed E-state index contributed by atoms with van der Waals surface area (Å²) in [5.74, 6) is 1.32. The van der Waals surface area contributed by atoms with E-state index >= 15 is 0 Å². The topological polar surface area (TPSA) is 52.6 Å². The predicted octanol–water partition coefficient (Wildman–Crippen LogP) is 3.88. The highest BCUT2D eigenvalue weighted by Crippen LogP contribution is 2.38. The zero-order valence-electron chi connectivity index (χ0n) is 18.0. The lowest BCUT2D eigenvalue weighted by Crippen LogP contribution is -2.47. The molecule has 0 radical (unpaired) electrons. The monoisotopic (exact) mass is 435 g/mol. The second-order valence-corrected chi connectivity index (χ2v) is 9.47. The van der Waals surface area contributed by atoms with Gasteiger partial charge in [0.25, 0.3) is 0 Å². The molecule has 31 heavy (non-hydrogen) atoms. The molecule has 0 bridgehead atoms. The third-order valence-electron chi connectivity index (χ3n) is 6.67. The predicted molar refractivity (Wildman–Crippen MR) is 127 cm³/mol. The summed E-state index contributed by atoms with van der Waals surface area (Å²) in [7, 11) is 2.10. The van der Waals surface area contributed by atoms with E-state index in [4.69, 9.17) is 4.98 Å². The van der Waals surface area contributed by atoms with Gasteiger partial charge in [-0.15, -0.1) is 11.3 Å². The van der Waals surface area contributed by atoms with Crippen LogP contribution in [0.4, 0.5) is 5.82 Å². The number of amides is 1. The maximum Gasteiger partial charge on any atom is 0.236 e. The van der Waals surface area contributed by atoms with E-state index in [9.17, 15) is 4.79 Å². The van der Waals surface area contributed by atoms with Gasteiger partial charge in [-0.3, -0.25) is 9.69 Å². The third kappa shape index (κ3) is 4.16. The van der Waals surface area contributed by atoms with Crippen LogP contribution >= 0.6 is 11.3 Å². The van der Waals surface area contributed by atoms with Gasteiger partial charge in [0.05, 0.1) is 11.9 Å². The molecule has 2 aliphatic heterocycles. The Morgan fingerprint density at radius 1 is 1.10 bits per heavy atom. The molecule has 1 aromatic carbocycles. The number of hydrogen-bond donors (Lipinski definition) is 0. The fraction of sp³-hybridized carbons (Fsp3) is 0.458. The van der Waals surface area contributed by atoms with Crippen molar-refractivity contribution in [3.8, 4) is 11.1 Å². The average molecular weight is 436 g/mol. The van der Waals surface area contributed by atoms with Crippen LogP contribution in [0.5, 0.6) is 0 Å². The standard InChI is InChI=1S/C24H29N5OS/c1-27(15-21(30)28-11-5-6-12-28)19-9-13-29(14-10-19)23-22-20(18-7-3-2-4-8-18)16-31-24(22)26-17-25-23/h2-4,7-8,16-17,19H,5-6,9-15H2,1H3. The normalized spacial score (nSPS) is 17.7. The van der Waals surface area contributed by atoms with E-state index in [1.807, 2.05) is 11.0 Å². The summed E-state index contributed by atoms with van der Waals surface area (Å²) in [6, 6.07) is 10.9. The zero-order chi connectivity index (χ0) is 21.2. The first-order valence-electron chi connectivity index (χ1n) is 11.2. The number of nitrogens with zero attached hydrogens (tertiary/aromatic N) is 5. The molecule has 5 rings (SSSR count). The lowest BCUT2D eigenvalue weighted by Gasteiger charge is -2.37. The van der Waals surface area contributed by atoms with Gasteiger partial charge in [-0.25, -0.2) is 9.97 Å². The molecule has 4 heterocycles. The molecule has 1 amide bonds. The fourth-order valence-electron chi connectivity index (χ4n) is 4.86. The Labute approximate surface area is 187 Å². The first-order valence-corrected chi connectivity index (χ1v) is 12.1. The largest absolute Gasteiger partial charge is 0.356 e. The van der Waals surface area contributed by atoms with Crippen LogP contribution in [-0.4, -0.2) is 71.5 Å². The first-order chi connectivity index (χ1) is 15.2. The molecule has 7 heteroatoms. The smallest absolute Gasteiger partial charge is 0.236 e. The van der Waals surface area contributed by atoms with Crippen molar-refractivity contribution in [1.29, 1.82) is 0 Å². The van der Waals surface area contributed by atoms with Crippen molar-refractivity contribution >= 4 is 33.3 Å². The highest BCUT2D eigenvalue weighted by molar-refractivity contribution is 7.17. The lowest BCUT2D eigenvalue weighted by atomic mass is 10.0. The number of fused-ring (bicyclic) bond motifs is 1. The first kappa shape index (κ1) is 20.4. The van der Waals surface area contributed by atoms with Crippen molar-refractivity contribution in [1.82, 2.24) is 19.8 Å². The molecule has 2 saturated heterocycles. The van der Waals surface area contributed by atoms with Gasteiger partial charge in [0.15, 0.2) is 0 Å². The molecule has 2 aliphatic rings. The highest BCUT2D eigenvalue weighted by atomic mass is 32.1. The van der Waals surface area contributed by atoms with E-state index < -0.39 is 0 Å². The van der Waals surface area contributed by atoms with Crippen LogP contribution in [0.15, 0.2) is 42.0 Å². The van der Waals surface area contributed by atoms with Gasteiger partial charge in [0.2, 0.25) is 5.91 Å². The second-order valence-electron chi connectivity index (χ2n) is 8.61. The molecule has 6 nitrogen and oxygen atoms in total.